The summed E-state index contributed by atoms with van der Waals surface area (Å²) in [5.41, 5.74) is 2.61. The van der Waals surface area contributed by atoms with Crippen LogP contribution in [0.5, 0.6) is 5.75 Å². The van der Waals surface area contributed by atoms with Gasteiger partial charge in [-0.05, 0) is 37.3 Å². The monoisotopic (exact) mass is 375 g/mol. The van der Waals surface area contributed by atoms with Crippen LogP contribution in [0.3, 0.4) is 0 Å². The number of methoxy groups -OCH3 is 1. The molecule has 1 N–H and O–H groups in total. The average molecular weight is 375 g/mol. The average Bonchev–Trinajstić information content (AvgIpc) is 2.74. The number of hydrogen-bond donors (Lipinski definition) is 1. The van der Waals surface area contributed by atoms with Crippen LogP contribution in [0.1, 0.15) is 27.6 Å². The summed E-state index contributed by atoms with van der Waals surface area (Å²) in [6, 6.07) is 22.9. The third-order valence-corrected chi connectivity index (χ3v) is 4.19. The van der Waals surface area contributed by atoms with Crippen molar-refractivity contribution in [2.24, 2.45) is 0 Å². The Labute approximate surface area is 163 Å². The SMILES string of the molecule is COc1cccc(C(=O)O[C@@H](C(=O)Nc2ccc(C)cc2)c2ccccc2)c1. The number of hydrogen-bond acceptors (Lipinski definition) is 4. The Morgan fingerprint density at radius 1 is 0.893 bits per heavy atom. The van der Waals surface area contributed by atoms with E-state index in [1.165, 1.54) is 7.11 Å². The second-order valence-corrected chi connectivity index (χ2v) is 6.28. The highest BCUT2D eigenvalue weighted by atomic mass is 16.5. The van der Waals surface area contributed by atoms with E-state index in [-0.39, 0.29) is 0 Å². The van der Waals surface area contributed by atoms with Crippen molar-refractivity contribution in [2.75, 3.05) is 12.4 Å². The maximum atomic E-state index is 12.9. The molecule has 5 nitrogen and oxygen atoms in total. The van der Waals surface area contributed by atoms with Gasteiger partial charge >= 0.3 is 5.97 Å². The van der Waals surface area contributed by atoms with Crippen LogP contribution in [0, 0.1) is 6.92 Å². The van der Waals surface area contributed by atoms with Crippen molar-refractivity contribution < 1.29 is 19.1 Å². The smallest absolute Gasteiger partial charge is 0.339 e. The number of aryl methyl sites for hydroxylation is 1. The molecule has 0 spiro atoms. The number of benzene rings is 3. The summed E-state index contributed by atoms with van der Waals surface area (Å²) in [5, 5.41) is 2.81. The van der Waals surface area contributed by atoms with E-state index in [2.05, 4.69) is 5.32 Å². The van der Waals surface area contributed by atoms with Crippen molar-refractivity contribution >= 4 is 17.6 Å². The zero-order valence-corrected chi connectivity index (χ0v) is 15.7. The van der Waals surface area contributed by atoms with E-state index < -0.39 is 18.0 Å². The van der Waals surface area contributed by atoms with Crippen LogP contribution in [0.15, 0.2) is 78.9 Å². The van der Waals surface area contributed by atoms with Crippen LogP contribution in [0.2, 0.25) is 0 Å². The van der Waals surface area contributed by atoms with E-state index >= 15 is 0 Å². The van der Waals surface area contributed by atoms with Gasteiger partial charge in [0.2, 0.25) is 6.10 Å². The number of esters is 1. The van der Waals surface area contributed by atoms with E-state index in [4.69, 9.17) is 9.47 Å². The highest BCUT2D eigenvalue weighted by Gasteiger charge is 2.26. The van der Waals surface area contributed by atoms with Crippen molar-refractivity contribution in [3.05, 3.63) is 95.6 Å². The van der Waals surface area contributed by atoms with Gasteiger partial charge in [-0.2, -0.15) is 0 Å². The Balaban J connectivity index is 1.83. The topological polar surface area (TPSA) is 64.6 Å². The quantitative estimate of drug-likeness (QED) is 0.643. The summed E-state index contributed by atoms with van der Waals surface area (Å²) in [5.74, 6) is -0.493. The Kier molecular flexibility index (Phi) is 6.07. The molecule has 0 bridgehead atoms. The van der Waals surface area contributed by atoms with Gasteiger partial charge in [0.1, 0.15) is 5.75 Å². The number of ether oxygens (including phenoxy) is 2. The van der Waals surface area contributed by atoms with Crippen molar-refractivity contribution in [3.8, 4) is 5.75 Å². The third kappa shape index (κ3) is 4.76. The van der Waals surface area contributed by atoms with Crippen LogP contribution >= 0.6 is 0 Å². The molecule has 0 heterocycles. The Morgan fingerprint density at radius 3 is 2.29 bits per heavy atom. The molecular weight excluding hydrogens is 354 g/mol. The molecule has 142 valence electrons. The fourth-order valence-electron chi connectivity index (χ4n) is 2.67. The molecule has 0 aliphatic rings. The fraction of sp³-hybridized carbons (Fsp3) is 0.130. The zero-order valence-electron chi connectivity index (χ0n) is 15.7. The number of carbonyl (C=O) groups is 2. The number of nitrogens with one attached hydrogen (secondary N) is 1. The first-order valence-corrected chi connectivity index (χ1v) is 8.84. The number of carbonyl (C=O) groups excluding carboxylic acids is 2. The van der Waals surface area contributed by atoms with Gasteiger partial charge in [0.25, 0.3) is 5.91 Å². The van der Waals surface area contributed by atoms with Crippen molar-refractivity contribution in [1.29, 1.82) is 0 Å². The molecule has 0 aliphatic carbocycles. The highest BCUT2D eigenvalue weighted by Crippen LogP contribution is 2.23. The predicted molar refractivity (Wildman–Crippen MR) is 107 cm³/mol. The zero-order chi connectivity index (χ0) is 19.9. The number of amides is 1. The lowest BCUT2D eigenvalue weighted by Crippen LogP contribution is -2.26. The summed E-state index contributed by atoms with van der Waals surface area (Å²) >= 11 is 0. The summed E-state index contributed by atoms with van der Waals surface area (Å²) in [7, 11) is 1.52. The van der Waals surface area contributed by atoms with E-state index in [9.17, 15) is 9.59 Å². The number of anilines is 1. The lowest BCUT2D eigenvalue weighted by Gasteiger charge is -2.18. The van der Waals surface area contributed by atoms with Crippen molar-refractivity contribution in [3.63, 3.8) is 0 Å². The molecule has 3 rings (SSSR count). The van der Waals surface area contributed by atoms with Gasteiger partial charge in [-0.1, -0.05) is 54.1 Å². The standard InChI is InChI=1S/C23H21NO4/c1-16-11-13-19(14-12-16)24-22(25)21(17-7-4-3-5-8-17)28-23(26)18-9-6-10-20(15-18)27-2/h3-15,21H,1-2H3,(H,24,25)/t21-/m1/s1. The summed E-state index contributed by atoms with van der Waals surface area (Å²) in [6.45, 7) is 1.97. The van der Waals surface area contributed by atoms with Crippen molar-refractivity contribution in [1.82, 2.24) is 0 Å². The molecule has 0 aliphatic heterocycles. The predicted octanol–water partition coefficient (Wildman–Crippen LogP) is 4.54. The van der Waals surface area contributed by atoms with E-state index in [1.54, 1.807) is 60.7 Å². The molecule has 3 aromatic rings. The molecule has 0 saturated carbocycles. The minimum Gasteiger partial charge on any atom is -0.497 e. The van der Waals surface area contributed by atoms with Gasteiger partial charge in [0.05, 0.1) is 12.7 Å². The maximum absolute atomic E-state index is 12.9. The van der Waals surface area contributed by atoms with Gasteiger partial charge in [-0.25, -0.2) is 4.79 Å². The largest absolute Gasteiger partial charge is 0.497 e. The maximum Gasteiger partial charge on any atom is 0.339 e. The van der Waals surface area contributed by atoms with Gasteiger partial charge in [-0.15, -0.1) is 0 Å². The number of rotatable bonds is 6. The fourth-order valence-corrected chi connectivity index (χ4v) is 2.67. The molecule has 5 heteroatoms. The summed E-state index contributed by atoms with van der Waals surface area (Å²) < 4.78 is 10.7. The highest BCUT2D eigenvalue weighted by molar-refractivity contribution is 5.98. The first-order valence-electron chi connectivity index (χ1n) is 8.84. The molecular formula is C23H21NO4. The van der Waals surface area contributed by atoms with Crippen LogP contribution in [0.25, 0.3) is 0 Å². The molecule has 3 aromatic carbocycles. The molecule has 28 heavy (non-hydrogen) atoms. The van der Waals surface area contributed by atoms with Crippen molar-refractivity contribution in [2.45, 2.75) is 13.0 Å². The molecule has 1 amide bonds. The van der Waals surface area contributed by atoms with E-state index in [0.29, 0.717) is 22.6 Å². The van der Waals surface area contributed by atoms with Gasteiger partial charge in [-0.3, -0.25) is 4.79 Å². The first kappa shape index (κ1) is 19.2. The van der Waals surface area contributed by atoms with E-state index in [0.717, 1.165) is 5.56 Å². The van der Waals surface area contributed by atoms with Crippen LogP contribution in [-0.4, -0.2) is 19.0 Å². The molecule has 0 aromatic heterocycles. The molecule has 0 radical (unpaired) electrons. The van der Waals surface area contributed by atoms with Gasteiger partial charge in [0, 0.05) is 11.3 Å². The molecule has 1 atom stereocenters. The van der Waals surface area contributed by atoms with E-state index in [1.807, 2.05) is 25.1 Å². The third-order valence-electron chi connectivity index (χ3n) is 4.19. The van der Waals surface area contributed by atoms with Gasteiger partial charge < -0.3 is 14.8 Å². The first-order chi connectivity index (χ1) is 13.6. The van der Waals surface area contributed by atoms with Crippen LogP contribution in [-0.2, 0) is 9.53 Å². The molecule has 0 saturated heterocycles. The summed E-state index contributed by atoms with van der Waals surface area (Å²) in [6.07, 6.45) is -1.08. The lowest BCUT2D eigenvalue weighted by molar-refractivity contribution is -0.125. The van der Waals surface area contributed by atoms with Crippen LogP contribution < -0.4 is 10.1 Å². The Morgan fingerprint density at radius 2 is 1.61 bits per heavy atom. The minimum absolute atomic E-state index is 0.309. The second-order valence-electron chi connectivity index (χ2n) is 6.28. The normalized spacial score (nSPS) is 11.4. The molecule has 0 fully saturated rings. The minimum atomic E-state index is -1.08. The second kappa shape index (κ2) is 8.86. The molecule has 0 unspecified atom stereocenters. The lowest BCUT2D eigenvalue weighted by atomic mass is 10.1. The Hall–Kier alpha value is -3.60. The Bertz CT molecular complexity index is 952. The van der Waals surface area contributed by atoms with Gasteiger partial charge in [0.15, 0.2) is 0 Å². The summed E-state index contributed by atoms with van der Waals surface area (Å²) in [4.78, 5) is 25.5. The van der Waals surface area contributed by atoms with Crippen LogP contribution in [0.4, 0.5) is 5.69 Å².